The lowest BCUT2D eigenvalue weighted by molar-refractivity contribution is 0.504. The standard InChI is InChI=1S/C10H8ClNO2/c1-7-6-14-10(13)12(7)9-4-2-8(11)3-5-9/h2-6H,1H3. The number of oxazole rings is 1. The van der Waals surface area contributed by atoms with Gasteiger partial charge in [0.15, 0.2) is 0 Å². The molecule has 0 spiro atoms. The summed E-state index contributed by atoms with van der Waals surface area (Å²) < 4.78 is 6.24. The Morgan fingerprint density at radius 2 is 1.93 bits per heavy atom. The van der Waals surface area contributed by atoms with Gasteiger partial charge in [-0.2, -0.15) is 0 Å². The Balaban J connectivity index is 2.60. The predicted molar refractivity (Wildman–Crippen MR) is 54.1 cm³/mol. The first-order valence-electron chi connectivity index (χ1n) is 4.11. The molecule has 0 amide bonds. The predicted octanol–water partition coefficient (Wildman–Crippen LogP) is 2.39. The Labute approximate surface area is 85.5 Å². The third kappa shape index (κ3) is 1.46. The van der Waals surface area contributed by atoms with Crippen LogP contribution in [0.4, 0.5) is 0 Å². The van der Waals surface area contributed by atoms with E-state index in [0.29, 0.717) is 5.02 Å². The van der Waals surface area contributed by atoms with Crippen molar-refractivity contribution in [3.05, 3.63) is 51.8 Å². The molecule has 1 heterocycles. The van der Waals surface area contributed by atoms with Gasteiger partial charge in [0.05, 0.1) is 11.4 Å². The van der Waals surface area contributed by atoms with Gasteiger partial charge in [-0.15, -0.1) is 0 Å². The molecule has 0 N–H and O–H groups in total. The van der Waals surface area contributed by atoms with Crippen LogP contribution in [0, 0.1) is 6.92 Å². The van der Waals surface area contributed by atoms with Crippen molar-refractivity contribution in [3.8, 4) is 5.69 Å². The molecular formula is C10H8ClNO2. The first-order chi connectivity index (χ1) is 6.68. The molecule has 0 unspecified atom stereocenters. The van der Waals surface area contributed by atoms with Crippen LogP contribution in [0.1, 0.15) is 5.69 Å². The van der Waals surface area contributed by atoms with Crippen LogP contribution in [0.15, 0.2) is 39.7 Å². The SMILES string of the molecule is Cc1coc(=O)n1-c1ccc(Cl)cc1. The molecule has 0 aliphatic rings. The van der Waals surface area contributed by atoms with E-state index in [1.165, 1.54) is 10.8 Å². The summed E-state index contributed by atoms with van der Waals surface area (Å²) in [5.74, 6) is -0.384. The van der Waals surface area contributed by atoms with Crippen LogP contribution in [0.5, 0.6) is 0 Å². The lowest BCUT2D eigenvalue weighted by atomic mass is 10.3. The van der Waals surface area contributed by atoms with E-state index in [0.717, 1.165) is 11.4 Å². The van der Waals surface area contributed by atoms with Gasteiger partial charge in [-0.25, -0.2) is 9.36 Å². The summed E-state index contributed by atoms with van der Waals surface area (Å²) in [4.78, 5) is 11.3. The first-order valence-corrected chi connectivity index (χ1v) is 4.49. The van der Waals surface area contributed by atoms with Crippen LogP contribution in [0.3, 0.4) is 0 Å². The highest BCUT2D eigenvalue weighted by atomic mass is 35.5. The normalized spacial score (nSPS) is 10.4. The number of benzene rings is 1. The second-order valence-corrected chi connectivity index (χ2v) is 3.39. The molecule has 0 aliphatic carbocycles. The van der Waals surface area contributed by atoms with Gasteiger partial charge in [-0.3, -0.25) is 0 Å². The minimum absolute atomic E-state index is 0.384. The van der Waals surface area contributed by atoms with E-state index >= 15 is 0 Å². The Morgan fingerprint density at radius 1 is 1.29 bits per heavy atom. The molecule has 2 aromatic rings. The number of nitrogens with zero attached hydrogens (tertiary/aromatic N) is 1. The first kappa shape index (κ1) is 9.09. The average molecular weight is 210 g/mol. The molecule has 0 atom stereocenters. The van der Waals surface area contributed by atoms with Crippen LogP contribution < -0.4 is 5.76 Å². The van der Waals surface area contributed by atoms with Crippen molar-refractivity contribution in [2.45, 2.75) is 6.92 Å². The molecule has 0 fully saturated rings. The van der Waals surface area contributed by atoms with Gasteiger partial charge in [0.2, 0.25) is 0 Å². The number of halogens is 1. The molecule has 2 rings (SSSR count). The van der Waals surface area contributed by atoms with Crippen LogP contribution in [-0.2, 0) is 0 Å². The van der Waals surface area contributed by atoms with Gasteiger partial charge in [0, 0.05) is 5.02 Å². The number of aromatic nitrogens is 1. The van der Waals surface area contributed by atoms with E-state index in [4.69, 9.17) is 16.0 Å². The van der Waals surface area contributed by atoms with Crippen molar-refractivity contribution in [3.63, 3.8) is 0 Å². The summed E-state index contributed by atoms with van der Waals surface area (Å²) in [5.41, 5.74) is 1.52. The van der Waals surface area contributed by atoms with E-state index in [-0.39, 0.29) is 5.76 Å². The van der Waals surface area contributed by atoms with Crippen molar-refractivity contribution in [1.29, 1.82) is 0 Å². The Kier molecular flexibility index (Phi) is 2.17. The summed E-state index contributed by atoms with van der Waals surface area (Å²) in [6, 6.07) is 7.00. The maximum atomic E-state index is 11.3. The van der Waals surface area contributed by atoms with Gasteiger partial charge in [-0.1, -0.05) is 11.6 Å². The highest BCUT2D eigenvalue weighted by molar-refractivity contribution is 6.30. The van der Waals surface area contributed by atoms with Gasteiger partial charge < -0.3 is 4.42 Å². The molecule has 14 heavy (non-hydrogen) atoms. The van der Waals surface area contributed by atoms with Crippen molar-refractivity contribution in [2.24, 2.45) is 0 Å². The van der Waals surface area contributed by atoms with Crippen LogP contribution in [-0.4, -0.2) is 4.57 Å². The minimum atomic E-state index is -0.384. The molecule has 72 valence electrons. The van der Waals surface area contributed by atoms with E-state index in [1.807, 2.05) is 0 Å². The highest BCUT2D eigenvalue weighted by Crippen LogP contribution is 2.13. The van der Waals surface area contributed by atoms with Gasteiger partial charge in [-0.05, 0) is 31.2 Å². The number of hydrogen-bond acceptors (Lipinski definition) is 2. The average Bonchev–Trinajstić information content (AvgIpc) is 2.49. The highest BCUT2D eigenvalue weighted by Gasteiger charge is 2.05. The van der Waals surface area contributed by atoms with Crippen molar-refractivity contribution in [2.75, 3.05) is 0 Å². The molecule has 1 aromatic heterocycles. The van der Waals surface area contributed by atoms with E-state index < -0.39 is 0 Å². The van der Waals surface area contributed by atoms with E-state index in [1.54, 1.807) is 31.2 Å². The zero-order chi connectivity index (χ0) is 10.1. The lowest BCUT2D eigenvalue weighted by Crippen LogP contribution is -2.12. The molecule has 4 heteroatoms. The smallest absolute Gasteiger partial charge is 0.416 e. The zero-order valence-electron chi connectivity index (χ0n) is 7.53. The van der Waals surface area contributed by atoms with Crippen molar-refractivity contribution >= 4 is 11.6 Å². The fraction of sp³-hybridized carbons (Fsp3) is 0.100. The fourth-order valence-corrected chi connectivity index (χ4v) is 1.41. The third-order valence-corrected chi connectivity index (χ3v) is 2.20. The summed E-state index contributed by atoms with van der Waals surface area (Å²) in [7, 11) is 0. The molecule has 0 radical (unpaired) electrons. The number of rotatable bonds is 1. The zero-order valence-corrected chi connectivity index (χ0v) is 8.28. The molecular weight excluding hydrogens is 202 g/mol. The Morgan fingerprint density at radius 3 is 2.43 bits per heavy atom. The molecule has 3 nitrogen and oxygen atoms in total. The van der Waals surface area contributed by atoms with Gasteiger partial charge >= 0.3 is 5.76 Å². The maximum absolute atomic E-state index is 11.3. The molecule has 0 saturated heterocycles. The van der Waals surface area contributed by atoms with Gasteiger partial charge in [0.25, 0.3) is 0 Å². The number of hydrogen-bond donors (Lipinski definition) is 0. The summed E-state index contributed by atoms with van der Waals surface area (Å²) >= 11 is 5.74. The topological polar surface area (TPSA) is 35.1 Å². The molecule has 1 aromatic carbocycles. The number of aryl methyl sites for hydroxylation is 1. The van der Waals surface area contributed by atoms with Crippen LogP contribution in [0.25, 0.3) is 5.69 Å². The van der Waals surface area contributed by atoms with Crippen LogP contribution in [0.2, 0.25) is 5.02 Å². The van der Waals surface area contributed by atoms with Crippen molar-refractivity contribution in [1.82, 2.24) is 4.57 Å². The second kappa shape index (κ2) is 3.35. The summed E-state index contributed by atoms with van der Waals surface area (Å²) in [6.45, 7) is 1.81. The largest absolute Gasteiger partial charge is 0.423 e. The molecule has 0 bridgehead atoms. The second-order valence-electron chi connectivity index (χ2n) is 2.95. The van der Waals surface area contributed by atoms with Crippen LogP contribution >= 0.6 is 11.6 Å². The van der Waals surface area contributed by atoms with Crippen molar-refractivity contribution < 1.29 is 4.42 Å². The van der Waals surface area contributed by atoms with E-state index in [9.17, 15) is 4.79 Å². The van der Waals surface area contributed by atoms with E-state index in [2.05, 4.69) is 0 Å². The summed E-state index contributed by atoms with van der Waals surface area (Å²) in [5, 5.41) is 0.642. The molecule has 0 saturated carbocycles. The monoisotopic (exact) mass is 209 g/mol. The Hall–Kier alpha value is -1.48. The maximum Gasteiger partial charge on any atom is 0.423 e. The molecule has 0 aliphatic heterocycles. The van der Waals surface area contributed by atoms with Gasteiger partial charge in [0.1, 0.15) is 6.26 Å². The minimum Gasteiger partial charge on any atom is -0.416 e. The Bertz CT molecular complexity index is 496. The lowest BCUT2D eigenvalue weighted by Gasteiger charge is -2.01. The summed E-state index contributed by atoms with van der Waals surface area (Å²) in [6.07, 6.45) is 1.43. The quantitative estimate of drug-likeness (QED) is 0.723. The third-order valence-electron chi connectivity index (χ3n) is 1.95. The fourth-order valence-electron chi connectivity index (χ4n) is 1.28.